The molecule has 0 saturated heterocycles. The average Bonchev–Trinajstić information content (AvgIpc) is 2.76. The van der Waals surface area contributed by atoms with Gasteiger partial charge in [0, 0.05) is 24.0 Å². The second-order valence-corrected chi connectivity index (χ2v) is 9.40. The van der Waals surface area contributed by atoms with Crippen LogP contribution in [0.3, 0.4) is 0 Å². The molecule has 6 nitrogen and oxygen atoms in total. The minimum Gasteiger partial charge on any atom is -0.496 e. The highest BCUT2D eigenvalue weighted by Gasteiger charge is 2.43. The number of Topliss-reactive ketones (excluding diaryl/α,β-unsaturated/α-hetero) is 1. The van der Waals surface area contributed by atoms with Crippen LogP contribution in [0.5, 0.6) is 11.5 Å². The van der Waals surface area contributed by atoms with Gasteiger partial charge in [-0.25, -0.2) is 0 Å². The lowest BCUT2D eigenvalue weighted by Gasteiger charge is -2.37. The maximum Gasteiger partial charge on any atom is 0.205 e. The molecule has 0 bridgehead atoms. The Bertz CT molecular complexity index is 1220. The number of benzene rings is 2. The van der Waals surface area contributed by atoms with Crippen LogP contribution < -0.4 is 15.2 Å². The molecule has 33 heavy (non-hydrogen) atoms. The van der Waals surface area contributed by atoms with Crippen molar-refractivity contribution in [3.05, 3.63) is 81.4 Å². The molecule has 0 fully saturated rings. The van der Waals surface area contributed by atoms with E-state index in [2.05, 4.69) is 6.07 Å². The molecule has 4 rings (SSSR count). The Kier molecular flexibility index (Phi) is 6.09. The first-order chi connectivity index (χ1) is 15.7. The summed E-state index contributed by atoms with van der Waals surface area (Å²) in [7, 11) is 1.58. The van der Waals surface area contributed by atoms with E-state index in [1.807, 2.05) is 38.1 Å². The number of carbonyl (C=O) groups is 1. The Morgan fingerprint density at radius 2 is 1.97 bits per heavy atom. The Balaban J connectivity index is 1.76. The van der Waals surface area contributed by atoms with Crippen LogP contribution in [0.4, 0.5) is 0 Å². The molecule has 7 heteroatoms. The van der Waals surface area contributed by atoms with Gasteiger partial charge >= 0.3 is 0 Å². The Morgan fingerprint density at radius 3 is 2.67 bits per heavy atom. The largest absolute Gasteiger partial charge is 0.496 e. The summed E-state index contributed by atoms with van der Waals surface area (Å²) in [4.78, 5) is 13.2. The molecule has 0 radical (unpaired) electrons. The maximum atomic E-state index is 13.2. The number of nitrogens with zero attached hydrogens (tertiary/aromatic N) is 1. The highest BCUT2D eigenvalue weighted by atomic mass is 35.5. The van der Waals surface area contributed by atoms with Crippen molar-refractivity contribution in [3.63, 3.8) is 0 Å². The van der Waals surface area contributed by atoms with Crippen LogP contribution >= 0.6 is 11.6 Å². The number of ketones is 1. The number of nitriles is 1. The van der Waals surface area contributed by atoms with Crippen LogP contribution in [-0.4, -0.2) is 12.9 Å². The first-order valence-corrected chi connectivity index (χ1v) is 11.0. The van der Waals surface area contributed by atoms with Gasteiger partial charge in [0.2, 0.25) is 5.88 Å². The molecule has 1 aliphatic heterocycles. The number of para-hydroxylation sites is 1. The van der Waals surface area contributed by atoms with Crippen molar-refractivity contribution in [1.29, 1.82) is 5.26 Å². The zero-order valence-electron chi connectivity index (χ0n) is 18.8. The van der Waals surface area contributed by atoms with E-state index in [1.165, 1.54) is 0 Å². The second kappa shape index (κ2) is 8.84. The van der Waals surface area contributed by atoms with Gasteiger partial charge < -0.3 is 19.9 Å². The molecule has 1 atom stereocenters. The van der Waals surface area contributed by atoms with Crippen LogP contribution in [0.25, 0.3) is 0 Å². The summed E-state index contributed by atoms with van der Waals surface area (Å²) in [5.74, 6) is 1.12. The molecule has 2 aromatic rings. The van der Waals surface area contributed by atoms with Gasteiger partial charge in [0.25, 0.3) is 0 Å². The fourth-order valence-electron chi connectivity index (χ4n) is 4.43. The quantitative estimate of drug-likeness (QED) is 0.638. The summed E-state index contributed by atoms with van der Waals surface area (Å²) >= 11 is 6.22. The predicted octanol–water partition coefficient (Wildman–Crippen LogP) is 5.38. The van der Waals surface area contributed by atoms with E-state index in [-0.39, 0.29) is 29.3 Å². The standard InChI is InChI=1S/C26H25ClN2O4/c1-26(2)11-19(30)24-22(12-26)33-25(29)17(13-28)23(24)15-8-9-20(31-3)16(10-15)14-32-21-7-5-4-6-18(21)27/h4-10,23H,11-12,14,29H2,1-3H3/t23-/m0/s1. The summed E-state index contributed by atoms with van der Waals surface area (Å²) < 4.78 is 17.2. The van der Waals surface area contributed by atoms with E-state index in [0.717, 1.165) is 11.1 Å². The molecule has 0 amide bonds. The van der Waals surface area contributed by atoms with Gasteiger partial charge in [-0.2, -0.15) is 5.26 Å². The molecule has 0 spiro atoms. The van der Waals surface area contributed by atoms with E-state index >= 15 is 0 Å². The van der Waals surface area contributed by atoms with Gasteiger partial charge in [-0.1, -0.05) is 43.6 Å². The third-order valence-corrected chi connectivity index (χ3v) is 6.25. The average molecular weight is 465 g/mol. The van der Waals surface area contributed by atoms with Crippen molar-refractivity contribution >= 4 is 17.4 Å². The summed E-state index contributed by atoms with van der Waals surface area (Å²) in [6.45, 7) is 4.23. The van der Waals surface area contributed by atoms with Crippen molar-refractivity contribution in [2.45, 2.75) is 39.2 Å². The van der Waals surface area contributed by atoms with Crippen molar-refractivity contribution < 1.29 is 19.0 Å². The zero-order chi connectivity index (χ0) is 23.8. The van der Waals surface area contributed by atoms with Gasteiger partial charge in [-0.3, -0.25) is 4.79 Å². The number of halogens is 1. The third-order valence-electron chi connectivity index (χ3n) is 5.93. The summed E-state index contributed by atoms with van der Waals surface area (Å²) in [6, 6.07) is 14.9. The first-order valence-electron chi connectivity index (χ1n) is 10.6. The lowest BCUT2D eigenvalue weighted by atomic mass is 9.70. The normalized spacial score (nSPS) is 19.5. The SMILES string of the molecule is COc1ccc([C@H]2C(C#N)=C(N)OC3=C2C(=O)CC(C)(C)C3)cc1COc1ccccc1Cl. The molecule has 0 aromatic heterocycles. The van der Waals surface area contributed by atoms with Crippen molar-refractivity contribution in [2.24, 2.45) is 11.1 Å². The van der Waals surface area contributed by atoms with E-state index in [1.54, 1.807) is 25.3 Å². The molecule has 0 unspecified atom stereocenters. The van der Waals surface area contributed by atoms with Crippen LogP contribution in [0.15, 0.2) is 65.3 Å². The summed E-state index contributed by atoms with van der Waals surface area (Å²) in [5.41, 5.74) is 8.12. The number of ether oxygens (including phenoxy) is 3. The first kappa shape index (κ1) is 22.8. The molecule has 2 aliphatic rings. The van der Waals surface area contributed by atoms with Crippen molar-refractivity contribution in [3.8, 4) is 17.6 Å². The number of nitrogens with two attached hydrogens (primary N) is 1. The lowest BCUT2D eigenvalue weighted by Crippen LogP contribution is -2.33. The lowest BCUT2D eigenvalue weighted by molar-refractivity contribution is -0.119. The predicted molar refractivity (Wildman–Crippen MR) is 124 cm³/mol. The number of hydrogen-bond donors (Lipinski definition) is 1. The highest BCUT2D eigenvalue weighted by Crippen LogP contribution is 2.48. The summed E-state index contributed by atoms with van der Waals surface area (Å²) in [5, 5.41) is 10.4. The minimum absolute atomic E-state index is 0.0313. The molecule has 2 N–H and O–H groups in total. The third kappa shape index (κ3) is 4.42. The maximum absolute atomic E-state index is 13.2. The molecule has 1 aliphatic carbocycles. The number of methoxy groups -OCH3 is 1. The zero-order valence-corrected chi connectivity index (χ0v) is 19.5. The van der Waals surface area contributed by atoms with Crippen LogP contribution in [0.2, 0.25) is 5.02 Å². The minimum atomic E-state index is -0.604. The molecule has 170 valence electrons. The van der Waals surface area contributed by atoms with Gasteiger partial charge in [-0.05, 0) is 35.2 Å². The van der Waals surface area contributed by atoms with E-state index in [4.69, 9.17) is 31.5 Å². The molecular weight excluding hydrogens is 440 g/mol. The van der Waals surface area contributed by atoms with Gasteiger partial charge in [0.05, 0.1) is 18.1 Å². The fraction of sp³-hybridized carbons (Fsp3) is 0.308. The van der Waals surface area contributed by atoms with Crippen LogP contribution in [0, 0.1) is 16.7 Å². The highest BCUT2D eigenvalue weighted by molar-refractivity contribution is 6.32. The Labute approximate surface area is 198 Å². The number of hydrogen-bond acceptors (Lipinski definition) is 6. The van der Waals surface area contributed by atoms with E-state index < -0.39 is 5.92 Å². The fourth-order valence-corrected chi connectivity index (χ4v) is 4.62. The van der Waals surface area contributed by atoms with Crippen molar-refractivity contribution in [2.75, 3.05) is 7.11 Å². The number of allylic oxidation sites excluding steroid dienone is 3. The van der Waals surface area contributed by atoms with Crippen molar-refractivity contribution in [1.82, 2.24) is 0 Å². The molecular formula is C26H25ClN2O4. The molecule has 1 heterocycles. The van der Waals surface area contributed by atoms with Gasteiger partial charge in [-0.15, -0.1) is 0 Å². The Morgan fingerprint density at radius 1 is 1.21 bits per heavy atom. The van der Waals surface area contributed by atoms with Gasteiger partial charge in [0.15, 0.2) is 5.78 Å². The molecule has 2 aromatic carbocycles. The smallest absolute Gasteiger partial charge is 0.205 e. The number of carbonyl (C=O) groups excluding carboxylic acids is 1. The van der Waals surface area contributed by atoms with Crippen LogP contribution in [-0.2, 0) is 16.1 Å². The monoisotopic (exact) mass is 464 g/mol. The summed E-state index contributed by atoms with van der Waals surface area (Å²) in [6.07, 6.45) is 0.950. The van der Waals surface area contributed by atoms with Gasteiger partial charge in [0.1, 0.15) is 35.5 Å². The topological polar surface area (TPSA) is 94.6 Å². The van der Waals surface area contributed by atoms with E-state index in [0.29, 0.717) is 40.7 Å². The second-order valence-electron chi connectivity index (χ2n) is 8.99. The Hall–Kier alpha value is -3.43. The van der Waals surface area contributed by atoms with E-state index in [9.17, 15) is 10.1 Å². The number of rotatable bonds is 5. The molecule has 0 saturated carbocycles. The van der Waals surface area contributed by atoms with Crippen LogP contribution in [0.1, 0.15) is 43.7 Å².